The summed E-state index contributed by atoms with van der Waals surface area (Å²) < 4.78 is 5.03. The number of rotatable bonds is 5. The minimum atomic E-state index is -0.361. The van der Waals surface area contributed by atoms with E-state index >= 15 is 0 Å². The maximum atomic E-state index is 12.0. The largest absolute Gasteiger partial charge is 0.513 e. The second-order valence-electron chi connectivity index (χ2n) is 3.72. The molecule has 0 radical (unpaired) electrons. The van der Waals surface area contributed by atoms with Crippen molar-refractivity contribution in [3.05, 3.63) is 58.6 Å². The molecule has 0 aliphatic carbocycles. The van der Waals surface area contributed by atoms with Crippen molar-refractivity contribution in [3.63, 3.8) is 0 Å². The summed E-state index contributed by atoms with van der Waals surface area (Å²) in [5.74, 6) is 0.344. The number of carbonyl (C=O) groups is 1. The summed E-state index contributed by atoms with van der Waals surface area (Å²) in [4.78, 5) is 12.5. The lowest BCUT2D eigenvalue weighted by atomic mass is 10.2. The minimum absolute atomic E-state index is 0.108. The van der Waals surface area contributed by atoms with Crippen LogP contribution in [0.4, 0.5) is 5.69 Å². The molecule has 0 spiro atoms. The van der Waals surface area contributed by atoms with E-state index in [1.54, 1.807) is 48.9 Å². The maximum Gasteiger partial charge on any atom is 0.226 e. The van der Waals surface area contributed by atoms with Gasteiger partial charge in [0.2, 0.25) is 5.78 Å². The van der Waals surface area contributed by atoms with Crippen LogP contribution in [-0.2, 0) is 0 Å². The number of hydrogen-bond donors (Lipinski definition) is 1. The van der Waals surface area contributed by atoms with E-state index in [0.29, 0.717) is 22.6 Å². The highest BCUT2D eigenvalue weighted by Gasteiger charge is 2.13. The van der Waals surface area contributed by atoms with Crippen LogP contribution in [0.5, 0.6) is 5.75 Å². The Morgan fingerprint density at radius 2 is 2.05 bits per heavy atom. The first-order valence-electron chi connectivity index (χ1n) is 5.73. The summed E-state index contributed by atoms with van der Waals surface area (Å²) in [5, 5.41) is 18.6. The topological polar surface area (TPSA) is 71.2 Å². The molecule has 0 fully saturated rings. The SMILES string of the molecule is COc1ccc(N=NC(=CO)C(=O)c2cccs2)cc1. The van der Waals surface area contributed by atoms with Crippen molar-refractivity contribution in [3.8, 4) is 5.75 Å². The van der Waals surface area contributed by atoms with E-state index in [-0.39, 0.29) is 11.5 Å². The van der Waals surface area contributed by atoms with E-state index in [2.05, 4.69) is 10.2 Å². The lowest BCUT2D eigenvalue weighted by molar-refractivity contribution is 0.103. The van der Waals surface area contributed by atoms with Gasteiger partial charge in [-0.05, 0) is 35.7 Å². The molecule has 20 heavy (non-hydrogen) atoms. The molecule has 0 bridgehead atoms. The Bertz CT molecular complexity index is 631. The zero-order chi connectivity index (χ0) is 14.4. The van der Waals surface area contributed by atoms with Crippen LogP contribution in [0.2, 0.25) is 0 Å². The lowest BCUT2D eigenvalue weighted by Gasteiger charge is -1.99. The van der Waals surface area contributed by atoms with Crippen LogP contribution in [0.1, 0.15) is 9.67 Å². The van der Waals surface area contributed by atoms with Crippen LogP contribution in [0.3, 0.4) is 0 Å². The molecule has 1 N–H and O–H groups in total. The van der Waals surface area contributed by atoms with Gasteiger partial charge in [0.1, 0.15) is 12.0 Å². The number of methoxy groups -OCH3 is 1. The maximum absolute atomic E-state index is 12.0. The number of azo groups is 1. The predicted octanol–water partition coefficient (Wildman–Crippen LogP) is 4.12. The molecule has 0 amide bonds. The molecule has 0 atom stereocenters. The summed E-state index contributed by atoms with van der Waals surface area (Å²) in [7, 11) is 1.57. The Morgan fingerprint density at radius 1 is 1.30 bits per heavy atom. The van der Waals surface area contributed by atoms with E-state index in [4.69, 9.17) is 9.84 Å². The van der Waals surface area contributed by atoms with Crippen molar-refractivity contribution in [2.45, 2.75) is 0 Å². The van der Waals surface area contributed by atoms with E-state index in [9.17, 15) is 4.79 Å². The van der Waals surface area contributed by atoms with E-state index in [0.717, 1.165) is 0 Å². The van der Waals surface area contributed by atoms with Gasteiger partial charge < -0.3 is 9.84 Å². The van der Waals surface area contributed by atoms with Gasteiger partial charge in [-0.15, -0.1) is 16.5 Å². The van der Waals surface area contributed by atoms with Gasteiger partial charge in [0.15, 0.2) is 5.70 Å². The second-order valence-corrected chi connectivity index (χ2v) is 4.67. The molecule has 0 unspecified atom stereocenters. The van der Waals surface area contributed by atoms with Crippen LogP contribution in [0.25, 0.3) is 0 Å². The summed E-state index contributed by atoms with van der Waals surface area (Å²) in [6.45, 7) is 0. The molecule has 5 nitrogen and oxygen atoms in total. The molecule has 0 aliphatic heterocycles. The second kappa shape index (κ2) is 6.63. The number of allylic oxidation sites excluding steroid dienone is 1. The third-order valence-electron chi connectivity index (χ3n) is 2.45. The molecule has 0 saturated heterocycles. The molecule has 1 aromatic heterocycles. The first kappa shape index (κ1) is 14.0. The van der Waals surface area contributed by atoms with Gasteiger partial charge in [0.25, 0.3) is 0 Å². The standard InChI is InChI=1S/C14H12N2O3S/c1-19-11-6-4-10(5-7-11)15-16-12(9-17)14(18)13-3-2-8-20-13/h2-9,17H,1H3. The molecule has 102 valence electrons. The molecule has 0 saturated carbocycles. The Balaban J connectivity index is 2.13. The fourth-order valence-corrected chi connectivity index (χ4v) is 2.10. The average Bonchev–Trinajstić information content (AvgIpc) is 3.02. The van der Waals surface area contributed by atoms with E-state index in [1.165, 1.54) is 11.3 Å². The van der Waals surface area contributed by atoms with E-state index in [1.807, 2.05) is 0 Å². The number of benzene rings is 1. The third-order valence-corrected chi connectivity index (χ3v) is 3.31. The van der Waals surface area contributed by atoms with Gasteiger partial charge >= 0.3 is 0 Å². The average molecular weight is 288 g/mol. The summed E-state index contributed by atoms with van der Waals surface area (Å²) in [5.41, 5.74) is 0.451. The number of hydrogen-bond acceptors (Lipinski definition) is 6. The van der Waals surface area contributed by atoms with Gasteiger partial charge in [-0.1, -0.05) is 6.07 Å². The van der Waals surface area contributed by atoms with Crippen molar-refractivity contribution in [2.75, 3.05) is 7.11 Å². The Kier molecular flexibility index (Phi) is 4.62. The zero-order valence-corrected chi connectivity index (χ0v) is 11.5. The quantitative estimate of drug-likeness (QED) is 0.389. The number of carbonyl (C=O) groups excluding carboxylic acids is 1. The highest BCUT2D eigenvalue weighted by atomic mass is 32.1. The van der Waals surface area contributed by atoms with Gasteiger partial charge in [-0.3, -0.25) is 4.79 Å². The normalized spacial score (nSPS) is 11.8. The number of Topliss-reactive ketones (excluding diaryl/α,β-unsaturated/α-hetero) is 1. The number of ketones is 1. The molecule has 1 aromatic carbocycles. The monoisotopic (exact) mass is 288 g/mol. The van der Waals surface area contributed by atoms with Gasteiger partial charge in [-0.2, -0.15) is 5.11 Å². The number of nitrogens with zero attached hydrogens (tertiary/aromatic N) is 2. The van der Waals surface area contributed by atoms with Crippen molar-refractivity contribution in [1.82, 2.24) is 0 Å². The molecular formula is C14H12N2O3S. The Labute approximate surface area is 119 Å². The first-order valence-corrected chi connectivity index (χ1v) is 6.61. The van der Waals surface area contributed by atoms with E-state index < -0.39 is 0 Å². The molecule has 0 aliphatic rings. The van der Waals surface area contributed by atoms with Crippen LogP contribution in [0, 0.1) is 0 Å². The van der Waals surface area contributed by atoms with Crippen molar-refractivity contribution >= 4 is 22.8 Å². The predicted molar refractivity (Wildman–Crippen MR) is 76.9 cm³/mol. The third kappa shape index (κ3) is 3.30. The van der Waals surface area contributed by atoms with Crippen molar-refractivity contribution in [2.24, 2.45) is 10.2 Å². The Hall–Kier alpha value is -2.47. The number of ether oxygens (including phenoxy) is 1. The smallest absolute Gasteiger partial charge is 0.226 e. The molecule has 2 rings (SSSR count). The fraction of sp³-hybridized carbons (Fsp3) is 0.0714. The fourth-order valence-electron chi connectivity index (χ4n) is 1.42. The van der Waals surface area contributed by atoms with Crippen molar-refractivity contribution in [1.29, 1.82) is 0 Å². The van der Waals surface area contributed by atoms with Crippen molar-refractivity contribution < 1.29 is 14.6 Å². The highest BCUT2D eigenvalue weighted by Crippen LogP contribution is 2.20. The number of aliphatic hydroxyl groups is 1. The minimum Gasteiger partial charge on any atom is -0.513 e. The molecule has 2 aromatic rings. The number of aliphatic hydroxyl groups excluding tert-OH is 1. The van der Waals surface area contributed by atoms with Crippen LogP contribution < -0.4 is 4.74 Å². The van der Waals surface area contributed by atoms with Gasteiger partial charge in [0.05, 0.1) is 17.7 Å². The van der Waals surface area contributed by atoms with Gasteiger partial charge in [0, 0.05) is 0 Å². The summed E-state index contributed by atoms with van der Waals surface area (Å²) in [6.07, 6.45) is 0.662. The summed E-state index contributed by atoms with van der Waals surface area (Å²) in [6, 6.07) is 10.3. The lowest BCUT2D eigenvalue weighted by Crippen LogP contribution is -1.98. The van der Waals surface area contributed by atoms with Crippen LogP contribution in [-0.4, -0.2) is 18.0 Å². The highest BCUT2D eigenvalue weighted by molar-refractivity contribution is 7.12. The Morgan fingerprint density at radius 3 is 2.60 bits per heavy atom. The van der Waals surface area contributed by atoms with Crippen LogP contribution >= 0.6 is 11.3 Å². The molecule has 1 heterocycles. The summed E-state index contributed by atoms with van der Waals surface area (Å²) >= 11 is 1.28. The molecule has 6 heteroatoms. The van der Waals surface area contributed by atoms with Crippen LogP contribution in [0.15, 0.2) is 64.0 Å². The first-order chi connectivity index (χ1) is 9.74. The molecular weight excluding hydrogens is 276 g/mol. The number of thiophene rings is 1. The zero-order valence-electron chi connectivity index (χ0n) is 10.7. The van der Waals surface area contributed by atoms with Gasteiger partial charge in [-0.25, -0.2) is 0 Å².